The highest BCUT2D eigenvalue weighted by Crippen LogP contribution is 1.95. The van der Waals surface area contributed by atoms with E-state index in [1.165, 1.54) is 0 Å². The van der Waals surface area contributed by atoms with Crippen molar-refractivity contribution >= 4 is 11.9 Å². The van der Waals surface area contributed by atoms with E-state index in [0.29, 0.717) is 0 Å². The molecule has 0 fully saturated rings. The van der Waals surface area contributed by atoms with E-state index in [9.17, 15) is 9.59 Å². The fourth-order valence-corrected chi connectivity index (χ4v) is 0.0915. The Balaban J connectivity index is 3.83. The van der Waals surface area contributed by atoms with Gasteiger partial charge < -0.3 is 10.2 Å². The molecule has 0 bridgehead atoms. The minimum absolute atomic E-state index is 0.565. The van der Waals surface area contributed by atoms with Crippen LogP contribution in [0.25, 0.3) is 0 Å². The maximum Gasteiger partial charge on any atom is 0.322 e. The fourth-order valence-electron chi connectivity index (χ4n) is 0.0915. The van der Waals surface area contributed by atoms with Crippen molar-refractivity contribution in [1.29, 1.82) is 0 Å². The number of carboxylic acid groups (broad SMARTS) is 2. The standard InChI is InChI=1S/C4H5O4/c1-2(3(5)6)4(7)8/h1H3,(H,5,6)(H,7,8). The molecule has 0 aliphatic carbocycles. The monoisotopic (exact) mass is 117 g/mol. The Labute approximate surface area is 45.7 Å². The maximum absolute atomic E-state index is 9.72. The Morgan fingerprint density at radius 3 is 1.38 bits per heavy atom. The highest BCUT2D eigenvalue weighted by molar-refractivity contribution is 6.07. The van der Waals surface area contributed by atoms with E-state index in [4.69, 9.17) is 10.2 Å². The summed E-state index contributed by atoms with van der Waals surface area (Å²) in [6.07, 6.45) is 0. The molecule has 0 aliphatic rings. The molecular formula is C4H5O4. The maximum atomic E-state index is 9.72. The molecule has 0 atom stereocenters. The van der Waals surface area contributed by atoms with Gasteiger partial charge in [-0.1, -0.05) is 0 Å². The first-order chi connectivity index (χ1) is 3.55. The minimum Gasteiger partial charge on any atom is -0.480 e. The summed E-state index contributed by atoms with van der Waals surface area (Å²) in [5.74, 6) is -3.35. The lowest BCUT2D eigenvalue weighted by Gasteiger charge is -1.93. The molecule has 0 aliphatic heterocycles. The van der Waals surface area contributed by atoms with E-state index in [1.807, 2.05) is 0 Å². The molecule has 0 rings (SSSR count). The van der Waals surface area contributed by atoms with Crippen LogP contribution in [0.4, 0.5) is 0 Å². The molecule has 45 valence electrons. The first kappa shape index (κ1) is 6.94. The number of hydrogen-bond acceptors (Lipinski definition) is 2. The average molecular weight is 117 g/mol. The van der Waals surface area contributed by atoms with Gasteiger partial charge in [-0.25, -0.2) is 0 Å². The number of carboxylic acids is 2. The lowest BCUT2D eigenvalue weighted by molar-refractivity contribution is -0.143. The van der Waals surface area contributed by atoms with Crippen molar-refractivity contribution in [2.75, 3.05) is 0 Å². The van der Waals surface area contributed by atoms with Gasteiger partial charge in [-0.3, -0.25) is 9.59 Å². The van der Waals surface area contributed by atoms with Crippen LogP contribution in [0.1, 0.15) is 6.92 Å². The zero-order chi connectivity index (χ0) is 6.73. The predicted octanol–water partition coefficient (Wildman–Crippen LogP) is -0.250. The van der Waals surface area contributed by atoms with Crippen LogP contribution in [0.15, 0.2) is 0 Å². The van der Waals surface area contributed by atoms with Crippen LogP contribution < -0.4 is 0 Å². The first-order valence-electron chi connectivity index (χ1n) is 1.86. The van der Waals surface area contributed by atoms with E-state index in [0.717, 1.165) is 6.92 Å². The highest BCUT2D eigenvalue weighted by atomic mass is 16.4. The quantitative estimate of drug-likeness (QED) is 0.489. The van der Waals surface area contributed by atoms with Gasteiger partial charge in [-0.05, 0) is 6.92 Å². The zero-order valence-corrected chi connectivity index (χ0v) is 4.21. The Bertz CT molecular complexity index is 103. The van der Waals surface area contributed by atoms with Crippen molar-refractivity contribution in [1.82, 2.24) is 0 Å². The third-order valence-corrected chi connectivity index (χ3v) is 0.642. The molecule has 0 amide bonds. The smallest absolute Gasteiger partial charge is 0.322 e. The minimum atomic E-state index is -1.39. The van der Waals surface area contributed by atoms with Gasteiger partial charge in [0.25, 0.3) is 0 Å². The number of aliphatic carboxylic acids is 2. The molecule has 0 saturated carbocycles. The Kier molecular flexibility index (Phi) is 1.99. The number of hydrogen-bond donors (Lipinski definition) is 2. The summed E-state index contributed by atoms with van der Waals surface area (Å²) < 4.78 is 0. The molecule has 4 heteroatoms. The normalized spacial score (nSPS) is 9.25. The summed E-state index contributed by atoms with van der Waals surface area (Å²) in [6, 6.07) is 0. The van der Waals surface area contributed by atoms with Crippen molar-refractivity contribution in [3.8, 4) is 0 Å². The van der Waals surface area contributed by atoms with E-state index >= 15 is 0 Å². The predicted molar refractivity (Wildman–Crippen MR) is 24.2 cm³/mol. The molecule has 0 aromatic carbocycles. The van der Waals surface area contributed by atoms with E-state index < -0.39 is 17.9 Å². The van der Waals surface area contributed by atoms with Crippen molar-refractivity contribution in [2.24, 2.45) is 0 Å². The lowest BCUT2D eigenvalue weighted by atomic mass is 10.2. The van der Waals surface area contributed by atoms with Crippen LogP contribution in [-0.2, 0) is 9.59 Å². The molecular weight excluding hydrogens is 112 g/mol. The topological polar surface area (TPSA) is 74.6 Å². The molecule has 1 radical (unpaired) electrons. The van der Waals surface area contributed by atoms with E-state index in [-0.39, 0.29) is 0 Å². The first-order valence-corrected chi connectivity index (χ1v) is 1.86. The highest BCUT2D eigenvalue weighted by Gasteiger charge is 2.19. The Morgan fingerprint density at radius 2 is 1.38 bits per heavy atom. The molecule has 0 heterocycles. The summed E-state index contributed by atoms with van der Waals surface area (Å²) in [4.78, 5) is 19.4. The van der Waals surface area contributed by atoms with Crippen LogP contribution in [0.5, 0.6) is 0 Å². The second kappa shape index (κ2) is 2.30. The van der Waals surface area contributed by atoms with Gasteiger partial charge in [0.1, 0.15) is 0 Å². The van der Waals surface area contributed by atoms with Crippen molar-refractivity contribution in [3.05, 3.63) is 5.92 Å². The largest absolute Gasteiger partial charge is 0.480 e. The van der Waals surface area contributed by atoms with Crippen LogP contribution in [0, 0.1) is 5.92 Å². The molecule has 2 N–H and O–H groups in total. The average Bonchev–Trinajstić information content (AvgIpc) is 1.64. The zero-order valence-electron chi connectivity index (χ0n) is 4.21. The molecule has 0 saturated heterocycles. The van der Waals surface area contributed by atoms with Gasteiger partial charge in [-0.15, -0.1) is 0 Å². The summed E-state index contributed by atoms with van der Waals surface area (Å²) in [5, 5.41) is 15.9. The van der Waals surface area contributed by atoms with E-state index in [1.54, 1.807) is 0 Å². The van der Waals surface area contributed by atoms with Gasteiger partial charge in [-0.2, -0.15) is 0 Å². The summed E-state index contributed by atoms with van der Waals surface area (Å²) >= 11 is 0. The third-order valence-electron chi connectivity index (χ3n) is 0.642. The lowest BCUT2D eigenvalue weighted by Crippen LogP contribution is -2.16. The summed E-state index contributed by atoms with van der Waals surface area (Å²) in [6.45, 7) is 1.03. The van der Waals surface area contributed by atoms with Gasteiger partial charge in [0, 0.05) is 0 Å². The Hall–Kier alpha value is -1.06. The fraction of sp³-hybridized carbons (Fsp3) is 0.250. The van der Waals surface area contributed by atoms with Crippen LogP contribution >= 0.6 is 0 Å². The molecule has 8 heavy (non-hydrogen) atoms. The SMILES string of the molecule is C[C](C(=O)O)C(=O)O. The van der Waals surface area contributed by atoms with Gasteiger partial charge >= 0.3 is 11.9 Å². The van der Waals surface area contributed by atoms with Crippen LogP contribution in [0.2, 0.25) is 0 Å². The molecule has 0 spiro atoms. The van der Waals surface area contributed by atoms with Gasteiger partial charge in [0.05, 0.1) is 0 Å². The second-order valence-corrected chi connectivity index (χ2v) is 1.24. The van der Waals surface area contributed by atoms with Gasteiger partial charge in [0.15, 0.2) is 5.92 Å². The van der Waals surface area contributed by atoms with E-state index in [2.05, 4.69) is 0 Å². The molecule has 0 unspecified atom stereocenters. The second-order valence-electron chi connectivity index (χ2n) is 1.24. The number of rotatable bonds is 2. The van der Waals surface area contributed by atoms with Crippen molar-refractivity contribution in [3.63, 3.8) is 0 Å². The third kappa shape index (κ3) is 1.59. The molecule has 0 aromatic rings. The molecule has 4 nitrogen and oxygen atoms in total. The van der Waals surface area contributed by atoms with Crippen molar-refractivity contribution < 1.29 is 19.8 Å². The van der Waals surface area contributed by atoms with Crippen LogP contribution in [0.3, 0.4) is 0 Å². The van der Waals surface area contributed by atoms with Crippen LogP contribution in [-0.4, -0.2) is 22.2 Å². The van der Waals surface area contributed by atoms with Crippen molar-refractivity contribution in [2.45, 2.75) is 6.92 Å². The molecule has 0 aromatic heterocycles. The number of carbonyl (C=O) groups is 2. The van der Waals surface area contributed by atoms with Gasteiger partial charge in [0.2, 0.25) is 0 Å². The Morgan fingerprint density at radius 1 is 1.12 bits per heavy atom. The summed E-state index contributed by atoms with van der Waals surface area (Å²) in [5.41, 5.74) is 0. The summed E-state index contributed by atoms with van der Waals surface area (Å²) in [7, 11) is 0.